The minimum absolute atomic E-state index is 0.153. The summed E-state index contributed by atoms with van der Waals surface area (Å²) < 4.78 is 39.6. The second kappa shape index (κ2) is 6.78. The average molecular weight is 401 g/mol. The topological polar surface area (TPSA) is 170 Å². The zero-order valence-electron chi connectivity index (χ0n) is 14.0. The molecule has 1 unspecified atom stereocenters. The Balaban J connectivity index is 1.52. The van der Waals surface area contributed by atoms with Gasteiger partial charge in [0, 0.05) is 6.92 Å². The number of nitrogens with zero attached hydrogens (tertiary/aromatic N) is 4. The van der Waals surface area contributed by atoms with Crippen LogP contribution in [-0.2, 0) is 32.4 Å². The quantitative estimate of drug-likeness (QED) is 0.391. The molecular formula is C13H16N5O8P. The van der Waals surface area contributed by atoms with Gasteiger partial charge in [0.1, 0.15) is 30.2 Å². The van der Waals surface area contributed by atoms with Crippen LogP contribution in [-0.4, -0.2) is 62.3 Å². The Morgan fingerprint density at radius 2 is 2.30 bits per heavy atom. The number of ether oxygens (including phenoxy) is 2. The molecule has 5 atom stereocenters. The van der Waals surface area contributed by atoms with Gasteiger partial charge in [-0.25, -0.2) is 24.0 Å². The van der Waals surface area contributed by atoms with Crippen molar-refractivity contribution < 1.29 is 37.5 Å². The summed E-state index contributed by atoms with van der Waals surface area (Å²) in [5, 5.41) is 10.6. The Labute approximate surface area is 152 Å². The summed E-state index contributed by atoms with van der Waals surface area (Å²) in [6, 6.07) is 0. The lowest BCUT2D eigenvalue weighted by Gasteiger charge is -2.30. The van der Waals surface area contributed by atoms with E-state index in [1.165, 1.54) is 24.1 Å². The third kappa shape index (κ3) is 3.29. The molecule has 27 heavy (non-hydrogen) atoms. The molecule has 2 fully saturated rings. The van der Waals surface area contributed by atoms with Gasteiger partial charge in [0.2, 0.25) is 6.79 Å². The van der Waals surface area contributed by atoms with E-state index < -0.39 is 45.1 Å². The van der Waals surface area contributed by atoms with Crippen LogP contribution in [0.2, 0.25) is 0 Å². The number of imidazole rings is 1. The summed E-state index contributed by atoms with van der Waals surface area (Å²) in [5.74, 6) is -0.430. The van der Waals surface area contributed by atoms with Gasteiger partial charge in [-0.3, -0.25) is 18.4 Å². The Morgan fingerprint density at radius 3 is 3.07 bits per heavy atom. The molecule has 0 saturated carbocycles. The van der Waals surface area contributed by atoms with E-state index in [-0.39, 0.29) is 12.4 Å². The molecule has 4 rings (SSSR count). The standard InChI is InChI=1S/C13H16N5O8P/c1-6(19)22-5-24-27(21)23-2-7-10(26-27)9(20)13(25-7)18-4-17-8-11(14)15-3-16-12(8)18/h3-4,7,9-10,13,20H,2,5H2,1H3,(H2,14,15,16)/t7-,9+,10+,13-,27?/m1/s1. The first-order valence-corrected chi connectivity index (χ1v) is 9.31. The van der Waals surface area contributed by atoms with Gasteiger partial charge in [-0.1, -0.05) is 0 Å². The number of fused-ring (bicyclic) bond motifs is 2. The van der Waals surface area contributed by atoms with Gasteiger partial charge < -0.3 is 20.3 Å². The number of nitrogens with two attached hydrogens (primary N) is 1. The monoisotopic (exact) mass is 401 g/mol. The number of phosphoric ester groups is 1. The SMILES string of the molecule is CC(=O)OCOP1(=O)OC[C@H]2O[C@@H](n3cnc4c(N)ncnc43)[C@@H](O)[C@H]2O1. The van der Waals surface area contributed by atoms with Crippen molar-refractivity contribution in [1.29, 1.82) is 0 Å². The normalized spacial score (nSPS) is 33.1. The number of phosphoric acid groups is 1. The summed E-state index contributed by atoms with van der Waals surface area (Å²) in [7, 11) is -4.02. The highest BCUT2D eigenvalue weighted by Crippen LogP contribution is 2.56. The predicted molar refractivity (Wildman–Crippen MR) is 85.8 cm³/mol. The number of aromatic nitrogens is 4. The smallest absolute Gasteiger partial charge is 0.438 e. The molecule has 4 heterocycles. The lowest BCUT2D eigenvalue weighted by Crippen LogP contribution is -2.39. The third-order valence-corrected chi connectivity index (χ3v) is 5.48. The molecule has 0 bridgehead atoms. The van der Waals surface area contributed by atoms with E-state index >= 15 is 0 Å². The number of aliphatic hydroxyl groups excluding tert-OH is 1. The van der Waals surface area contributed by atoms with Crippen molar-refractivity contribution in [2.45, 2.75) is 31.5 Å². The summed E-state index contributed by atoms with van der Waals surface area (Å²) in [4.78, 5) is 22.8. The maximum atomic E-state index is 12.5. The number of hydrogen-bond acceptors (Lipinski definition) is 12. The molecule has 0 amide bonds. The summed E-state index contributed by atoms with van der Waals surface area (Å²) >= 11 is 0. The zero-order chi connectivity index (χ0) is 19.2. The molecular weight excluding hydrogens is 385 g/mol. The lowest BCUT2D eigenvalue weighted by atomic mass is 10.1. The fourth-order valence-electron chi connectivity index (χ4n) is 2.86. The highest BCUT2D eigenvalue weighted by atomic mass is 31.2. The predicted octanol–water partition coefficient (Wildman–Crippen LogP) is -0.273. The molecule has 13 nitrogen and oxygen atoms in total. The second-order valence-corrected chi connectivity index (χ2v) is 7.46. The number of anilines is 1. The van der Waals surface area contributed by atoms with E-state index in [0.29, 0.717) is 11.2 Å². The van der Waals surface area contributed by atoms with Crippen LogP contribution in [0.25, 0.3) is 11.2 Å². The molecule has 3 N–H and O–H groups in total. The fourth-order valence-corrected chi connectivity index (χ4v) is 4.12. The number of carbonyl (C=O) groups is 1. The number of nitrogen functional groups attached to an aromatic ring is 1. The zero-order valence-corrected chi connectivity index (χ0v) is 14.9. The number of hydrogen-bond donors (Lipinski definition) is 2. The fraction of sp³-hybridized carbons (Fsp3) is 0.538. The Bertz CT molecular complexity index is 921. The second-order valence-electron chi connectivity index (χ2n) is 5.83. The molecule has 0 radical (unpaired) electrons. The number of rotatable bonds is 4. The molecule has 146 valence electrons. The van der Waals surface area contributed by atoms with Gasteiger partial charge in [-0.2, -0.15) is 0 Å². The maximum absolute atomic E-state index is 12.5. The van der Waals surface area contributed by atoms with Gasteiger partial charge in [-0.05, 0) is 0 Å². The molecule has 2 aliphatic rings. The van der Waals surface area contributed by atoms with Crippen LogP contribution in [0.3, 0.4) is 0 Å². The first-order chi connectivity index (χ1) is 12.9. The molecule has 0 spiro atoms. The van der Waals surface area contributed by atoms with E-state index in [1.54, 1.807) is 0 Å². The molecule has 2 aliphatic heterocycles. The van der Waals surface area contributed by atoms with Crippen LogP contribution < -0.4 is 5.73 Å². The van der Waals surface area contributed by atoms with Crippen molar-refractivity contribution >= 4 is 30.8 Å². The van der Waals surface area contributed by atoms with Crippen LogP contribution in [0.1, 0.15) is 13.2 Å². The van der Waals surface area contributed by atoms with Crippen LogP contribution in [0.15, 0.2) is 12.7 Å². The average Bonchev–Trinajstić information content (AvgIpc) is 3.17. The highest BCUT2D eigenvalue weighted by molar-refractivity contribution is 7.48. The van der Waals surface area contributed by atoms with Crippen LogP contribution >= 0.6 is 7.82 Å². The first kappa shape index (κ1) is 18.2. The third-order valence-electron chi connectivity index (χ3n) is 4.09. The van der Waals surface area contributed by atoms with Crippen LogP contribution in [0, 0.1) is 0 Å². The van der Waals surface area contributed by atoms with E-state index in [9.17, 15) is 14.5 Å². The van der Waals surface area contributed by atoms with Gasteiger partial charge in [0.05, 0.1) is 12.9 Å². The highest BCUT2D eigenvalue weighted by Gasteiger charge is 2.53. The first-order valence-electron chi connectivity index (χ1n) is 7.85. The number of carbonyl (C=O) groups excluding carboxylic acids is 1. The van der Waals surface area contributed by atoms with Gasteiger partial charge in [0.15, 0.2) is 17.7 Å². The number of aliphatic hydroxyl groups is 1. The Morgan fingerprint density at radius 1 is 1.48 bits per heavy atom. The minimum atomic E-state index is -4.02. The van der Waals surface area contributed by atoms with Gasteiger partial charge in [-0.15, -0.1) is 0 Å². The van der Waals surface area contributed by atoms with E-state index in [0.717, 1.165) is 0 Å². The van der Waals surface area contributed by atoms with Gasteiger partial charge in [0.25, 0.3) is 0 Å². The van der Waals surface area contributed by atoms with Crippen molar-refractivity contribution in [3.63, 3.8) is 0 Å². The van der Waals surface area contributed by atoms with Crippen molar-refractivity contribution in [1.82, 2.24) is 19.5 Å². The molecule has 0 aromatic carbocycles. The largest absolute Gasteiger partial charge is 0.478 e. The van der Waals surface area contributed by atoms with E-state index in [4.69, 9.17) is 24.0 Å². The summed E-state index contributed by atoms with van der Waals surface area (Å²) in [6.45, 7) is 0.412. The Hall–Kier alpha value is -2.15. The molecule has 2 aromatic heterocycles. The van der Waals surface area contributed by atoms with Crippen LogP contribution in [0.4, 0.5) is 5.82 Å². The lowest BCUT2D eigenvalue weighted by molar-refractivity contribution is -0.150. The molecule has 2 aromatic rings. The van der Waals surface area contributed by atoms with Crippen molar-refractivity contribution in [3.05, 3.63) is 12.7 Å². The van der Waals surface area contributed by atoms with E-state index in [2.05, 4.69) is 19.7 Å². The minimum Gasteiger partial charge on any atom is -0.438 e. The molecule has 0 aliphatic carbocycles. The number of esters is 1. The Kier molecular flexibility index (Phi) is 4.58. The van der Waals surface area contributed by atoms with Crippen molar-refractivity contribution in [3.8, 4) is 0 Å². The summed E-state index contributed by atoms with van der Waals surface area (Å²) in [5.41, 5.74) is 6.48. The molecule has 2 saturated heterocycles. The van der Waals surface area contributed by atoms with Crippen molar-refractivity contribution in [2.24, 2.45) is 0 Å². The van der Waals surface area contributed by atoms with Gasteiger partial charge >= 0.3 is 13.8 Å². The summed E-state index contributed by atoms with van der Waals surface area (Å²) in [6.07, 6.45) is -1.19. The molecule has 14 heteroatoms. The van der Waals surface area contributed by atoms with E-state index in [1.807, 2.05) is 0 Å². The van der Waals surface area contributed by atoms with Crippen LogP contribution in [0.5, 0.6) is 0 Å². The van der Waals surface area contributed by atoms with Crippen molar-refractivity contribution in [2.75, 3.05) is 19.1 Å². The maximum Gasteiger partial charge on any atom is 0.478 e.